The van der Waals surface area contributed by atoms with Crippen LogP contribution < -0.4 is 4.90 Å². The Morgan fingerprint density at radius 1 is 1.47 bits per heavy atom. The van der Waals surface area contributed by atoms with Gasteiger partial charge in [-0.15, -0.1) is 0 Å². The van der Waals surface area contributed by atoms with Gasteiger partial charge in [0.15, 0.2) is 0 Å². The lowest BCUT2D eigenvalue weighted by atomic mass is 10.2. The molecule has 3 nitrogen and oxygen atoms in total. The molecular weight excluding hydrogens is 186 g/mol. The molecule has 1 aromatic heterocycles. The van der Waals surface area contributed by atoms with Gasteiger partial charge in [0.25, 0.3) is 0 Å². The first-order valence-electron chi connectivity index (χ1n) is 5.13. The molecule has 0 atom stereocenters. The van der Waals surface area contributed by atoms with E-state index in [0.29, 0.717) is 11.5 Å². The van der Waals surface area contributed by atoms with Gasteiger partial charge >= 0.3 is 0 Å². The zero-order valence-electron chi connectivity index (χ0n) is 9.78. The average molecular weight is 203 g/mol. The molecular formula is C12H17N3. The molecule has 3 heteroatoms. The number of nitrogens with zero attached hydrogens (tertiary/aromatic N) is 3. The Morgan fingerprint density at radius 3 is 2.67 bits per heavy atom. The first-order valence-corrected chi connectivity index (χ1v) is 5.13. The zero-order chi connectivity index (χ0) is 11.4. The van der Waals surface area contributed by atoms with Crippen LogP contribution in [0.4, 0.5) is 5.82 Å². The minimum atomic E-state index is 0.586. The summed E-state index contributed by atoms with van der Waals surface area (Å²) in [6.07, 6.45) is 0. The van der Waals surface area contributed by atoms with E-state index < -0.39 is 0 Å². The fourth-order valence-electron chi connectivity index (χ4n) is 1.55. The third kappa shape index (κ3) is 3.25. The summed E-state index contributed by atoms with van der Waals surface area (Å²) in [5.74, 6) is 1.46. The minimum Gasteiger partial charge on any atom is -0.359 e. The third-order valence-corrected chi connectivity index (χ3v) is 2.10. The van der Waals surface area contributed by atoms with Gasteiger partial charge in [0.1, 0.15) is 5.82 Å². The number of rotatable bonds is 3. The molecule has 0 radical (unpaired) electrons. The maximum Gasteiger partial charge on any atom is 0.129 e. The Labute approximate surface area is 91.4 Å². The van der Waals surface area contributed by atoms with Crippen molar-refractivity contribution in [3.63, 3.8) is 0 Å². The summed E-state index contributed by atoms with van der Waals surface area (Å²) in [5, 5.41) is 8.85. The monoisotopic (exact) mass is 203 g/mol. The Morgan fingerprint density at radius 2 is 2.13 bits per heavy atom. The molecule has 0 unspecified atom stereocenters. The van der Waals surface area contributed by atoms with Crippen molar-refractivity contribution in [2.75, 3.05) is 18.5 Å². The minimum absolute atomic E-state index is 0.586. The van der Waals surface area contributed by atoms with Gasteiger partial charge in [-0.3, -0.25) is 0 Å². The van der Waals surface area contributed by atoms with Gasteiger partial charge in [-0.2, -0.15) is 5.26 Å². The zero-order valence-corrected chi connectivity index (χ0v) is 9.78. The van der Waals surface area contributed by atoms with Gasteiger partial charge in [-0.25, -0.2) is 4.98 Å². The first-order chi connectivity index (χ1) is 7.02. The number of nitriles is 1. The summed E-state index contributed by atoms with van der Waals surface area (Å²) >= 11 is 0. The molecule has 0 bridgehead atoms. The van der Waals surface area contributed by atoms with Crippen LogP contribution in [-0.2, 0) is 0 Å². The largest absolute Gasteiger partial charge is 0.359 e. The lowest BCUT2D eigenvalue weighted by molar-refractivity contribution is 0.634. The van der Waals surface area contributed by atoms with Gasteiger partial charge < -0.3 is 4.90 Å². The summed E-state index contributed by atoms with van der Waals surface area (Å²) in [5.41, 5.74) is 1.56. The van der Waals surface area contributed by atoms with Crippen LogP contribution in [0, 0.1) is 24.2 Å². The van der Waals surface area contributed by atoms with Crippen molar-refractivity contribution in [1.82, 2.24) is 4.98 Å². The molecule has 15 heavy (non-hydrogen) atoms. The van der Waals surface area contributed by atoms with Crippen LogP contribution in [0.2, 0.25) is 0 Å². The lowest BCUT2D eigenvalue weighted by Crippen LogP contribution is -2.23. The number of pyridine rings is 1. The second-order valence-electron chi connectivity index (χ2n) is 4.24. The van der Waals surface area contributed by atoms with Crippen LogP contribution in [0.25, 0.3) is 0 Å². The van der Waals surface area contributed by atoms with Crippen LogP contribution in [0.15, 0.2) is 12.1 Å². The smallest absolute Gasteiger partial charge is 0.129 e. The van der Waals surface area contributed by atoms with Crippen LogP contribution in [-0.4, -0.2) is 18.6 Å². The third-order valence-electron chi connectivity index (χ3n) is 2.10. The SMILES string of the molecule is Cc1cc(C#N)cc(N(C)CC(C)C)n1. The highest BCUT2D eigenvalue weighted by Gasteiger charge is 2.06. The highest BCUT2D eigenvalue weighted by molar-refractivity contribution is 5.45. The molecule has 0 aromatic carbocycles. The van der Waals surface area contributed by atoms with Crippen molar-refractivity contribution in [3.05, 3.63) is 23.4 Å². The quantitative estimate of drug-likeness (QED) is 0.757. The number of anilines is 1. The predicted molar refractivity (Wildman–Crippen MR) is 61.8 cm³/mol. The summed E-state index contributed by atoms with van der Waals surface area (Å²) < 4.78 is 0. The Bertz CT molecular complexity index is 377. The summed E-state index contributed by atoms with van der Waals surface area (Å²) in [7, 11) is 2.00. The van der Waals surface area contributed by atoms with E-state index in [1.54, 1.807) is 6.07 Å². The molecule has 1 heterocycles. The van der Waals surface area contributed by atoms with E-state index in [2.05, 4.69) is 29.8 Å². The fourth-order valence-corrected chi connectivity index (χ4v) is 1.55. The van der Waals surface area contributed by atoms with Gasteiger partial charge in [0.05, 0.1) is 11.6 Å². The van der Waals surface area contributed by atoms with E-state index in [9.17, 15) is 0 Å². The van der Waals surface area contributed by atoms with Crippen molar-refractivity contribution >= 4 is 5.82 Å². The summed E-state index contributed by atoms with van der Waals surface area (Å²) in [6.45, 7) is 7.18. The average Bonchev–Trinajstić information content (AvgIpc) is 2.15. The number of aryl methyl sites for hydroxylation is 1. The van der Waals surface area contributed by atoms with E-state index in [4.69, 9.17) is 5.26 Å². The van der Waals surface area contributed by atoms with Crippen LogP contribution in [0.3, 0.4) is 0 Å². The van der Waals surface area contributed by atoms with Gasteiger partial charge in [0.2, 0.25) is 0 Å². The molecule has 0 fully saturated rings. The van der Waals surface area contributed by atoms with Crippen molar-refractivity contribution in [2.45, 2.75) is 20.8 Å². The van der Waals surface area contributed by atoms with Crippen LogP contribution >= 0.6 is 0 Å². The molecule has 0 spiro atoms. The normalized spacial score (nSPS) is 10.1. The molecule has 0 aliphatic rings. The second-order valence-corrected chi connectivity index (χ2v) is 4.24. The van der Waals surface area contributed by atoms with Crippen molar-refractivity contribution in [2.24, 2.45) is 5.92 Å². The van der Waals surface area contributed by atoms with E-state index in [1.165, 1.54) is 0 Å². The molecule has 0 saturated carbocycles. The van der Waals surface area contributed by atoms with Gasteiger partial charge in [-0.1, -0.05) is 13.8 Å². The summed E-state index contributed by atoms with van der Waals surface area (Å²) in [4.78, 5) is 6.49. The summed E-state index contributed by atoms with van der Waals surface area (Å²) in [6, 6.07) is 5.78. The molecule has 80 valence electrons. The second kappa shape index (κ2) is 4.79. The lowest BCUT2D eigenvalue weighted by Gasteiger charge is -2.20. The van der Waals surface area contributed by atoms with E-state index in [-0.39, 0.29) is 0 Å². The Kier molecular flexibility index (Phi) is 3.68. The fraction of sp³-hybridized carbons (Fsp3) is 0.500. The Balaban J connectivity index is 2.94. The Hall–Kier alpha value is -1.56. The molecule has 0 N–H and O–H groups in total. The maximum absolute atomic E-state index is 8.85. The number of hydrogen-bond donors (Lipinski definition) is 0. The van der Waals surface area contributed by atoms with Crippen molar-refractivity contribution < 1.29 is 0 Å². The number of aromatic nitrogens is 1. The van der Waals surface area contributed by atoms with Crippen LogP contribution in [0.5, 0.6) is 0 Å². The van der Waals surface area contributed by atoms with Crippen molar-refractivity contribution in [3.8, 4) is 6.07 Å². The highest BCUT2D eigenvalue weighted by atomic mass is 15.2. The predicted octanol–water partition coefficient (Wildman–Crippen LogP) is 2.35. The molecule has 0 amide bonds. The molecule has 1 rings (SSSR count). The topological polar surface area (TPSA) is 39.9 Å². The number of hydrogen-bond acceptors (Lipinski definition) is 3. The van der Waals surface area contributed by atoms with Crippen LogP contribution in [0.1, 0.15) is 25.1 Å². The standard InChI is InChI=1S/C12H17N3/c1-9(2)8-15(4)12-6-11(7-13)5-10(3)14-12/h5-6,9H,8H2,1-4H3. The van der Waals surface area contributed by atoms with Crippen molar-refractivity contribution in [1.29, 1.82) is 5.26 Å². The van der Waals surface area contributed by atoms with Gasteiger partial charge in [0, 0.05) is 19.3 Å². The molecule has 0 saturated heterocycles. The van der Waals surface area contributed by atoms with Gasteiger partial charge in [-0.05, 0) is 25.0 Å². The van der Waals surface area contributed by atoms with E-state index >= 15 is 0 Å². The molecule has 1 aromatic rings. The maximum atomic E-state index is 8.85. The highest BCUT2D eigenvalue weighted by Crippen LogP contribution is 2.14. The molecule has 0 aliphatic carbocycles. The van der Waals surface area contributed by atoms with E-state index in [1.807, 2.05) is 20.0 Å². The molecule has 0 aliphatic heterocycles. The first kappa shape index (κ1) is 11.5. The van der Waals surface area contributed by atoms with E-state index in [0.717, 1.165) is 18.1 Å².